The predicted octanol–water partition coefficient (Wildman–Crippen LogP) is 5.18. The predicted molar refractivity (Wildman–Crippen MR) is 82.8 cm³/mol. The molecule has 21 heavy (non-hydrogen) atoms. The summed E-state index contributed by atoms with van der Waals surface area (Å²) in [4.78, 5) is 0. The van der Waals surface area contributed by atoms with E-state index in [-0.39, 0.29) is 5.02 Å². The molecule has 2 aromatic rings. The van der Waals surface area contributed by atoms with E-state index in [4.69, 9.17) is 27.9 Å². The van der Waals surface area contributed by atoms with Gasteiger partial charge in [-0.05, 0) is 31.0 Å². The van der Waals surface area contributed by atoms with E-state index in [9.17, 15) is 4.39 Å². The summed E-state index contributed by atoms with van der Waals surface area (Å²) in [7, 11) is 0. The number of para-hydroxylation sites is 1. The van der Waals surface area contributed by atoms with Crippen LogP contribution >= 0.6 is 23.2 Å². The molecule has 1 aliphatic rings. The molecule has 3 rings (SSSR count). The van der Waals surface area contributed by atoms with Gasteiger partial charge in [0.25, 0.3) is 0 Å². The van der Waals surface area contributed by atoms with Crippen LogP contribution in [0, 0.1) is 5.82 Å². The highest BCUT2D eigenvalue weighted by Crippen LogP contribution is 2.34. The van der Waals surface area contributed by atoms with Crippen LogP contribution in [-0.2, 0) is 6.54 Å². The van der Waals surface area contributed by atoms with Crippen molar-refractivity contribution in [3.05, 3.63) is 57.8 Å². The Morgan fingerprint density at radius 3 is 2.67 bits per heavy atom. The zero-order valence-corrected chi connectivity index (χ0v) is 12.7. The Kier molecular flexibility index (Phi) is 4.34. The smallest absolute Gasteiger partial charge is 0.150 e. The summed E-state index contributed by atoms with van der Waals surface area (Å²) in [6.07, 6.45) is 2.43. The average Bonchev–Trinajstić information content (AvgIpc) is 3.28. The first kappa shape index (κ1) is 14.6. The Morgan fingerprint density at radius 2 is 1.95 bits per heavy atom. The topological polar surface area (TPSA) is 21.3 Å². The van der Waals surface area contributed by atoms with Crippen molar-refractivity contribution in [1.29, 1.82) is 0 Å². The largest absolute Gasteiger partial charge is 0.455 e. The second kappa shape index (κ2) is 6.22. The van der Waals surface area contributed by atoms with Gasteiger partial charge in [-0.1, -0.05) is 35.3 Å². The lowest BCUT2D eigenvalue weighted by molar-refractivity contribution is 0.471. The lowest BCUT2D eigenvalue weighted by atomic mass is 10.2. The van der Waals surface area contributed by atoms with E-state index in [0.717, 1.165) is 5.56 Å². The SMILES string of the molecule is Fc1ccc(Oc2c(Cl)cccc2CNC2CC2)cc1Cl. The van der Waals surface area contributed by atoms with Gasteiger partial charge in [0.1, 0.15) is 17.3 Å². The van der Waals surface area contributed by atoms with Gasteiger partial charge >= 0.3 is 0 Å². The highest BCUT2D eigenvalue weighted by atomic mass is 35.5. The van der Waals surface area contributed by atoms with Crippen LogP contribution in [-0.4, -0.2) is 6.04 Å². The number of benzene rings is 2. The molecule has 0 atom stereocenters. The zero-order valence-electron chi connectivity index (χ0n) is 11.2. The van der Waals surface area contributed by atoms with Crippen molar-refractivity contribution in [1.82, 2.24) is 5.32 Å². The van der Waals surface area contributed by atoms with Crippen LogP contribution < -0.4 is 10.1 Å². The van der Waals surface area contributed by atoms with Gasteiger partial charge in [-0.15, -0.1) is 0 Å². The maximum absolute atomic E-state index is 13.2. The van der Waals surface area contributed by atoms with Gasteiger partial charge in [0.2, 0.25) is 0 Å². The molecule has 1 aliphatic carbocycles. The standard InChI is InChI=1S/C16H14Cl2FNO/c17-13-3-1-2-10(9-20-11-4-5-11)16(13)21-12-6-7-15(19)14(18)8-12/h1-3,6-8,11,20H,4-5,9H2. The van der Waals surface area contributed by atoms with Crippen molar-refractivity contribution in [2.75, 3.05) is 0 Å². The van der Waals surface area contributed by atoms with E-state index >= 15 is 0 Å². The fourth-order valence-electron chi connectivity index (χ4n) is 2.01. The van der Waals surface area contributed by atoms with Crippen molar-refractivity contribution < 1.29 is 9.13 Å². The maximum Gasteiger partial charge on any atom is 0.150 e. The monoisotopic (exact) mass is 325 g/mol. The molecular formula is C16H14Cl2FNO. The molecule has 110 valence electrons. The number of ether oxygens (including phenoxy) is 1. The van der Waals surface area contributed by atoms with Crippen LogP contribution in [0.25, 0.3) is 0 Å². The molecule has 0 aliphatic heterocycles. The highest BCUT2D eigenvalue weighted by molar-refractivity contribution is 6.32. The summed E-state index contributed by atoms with van der Waals surface area (Å²) in [6, 6.07) is 10.5. The van der Waals surface area contributed by atoms with Crippen molar-refractivity contribution in [3.8, 4) is 11.5 Å². The van der Waals surface area contributed by atoms with Crippen LogP contribution in [0.3, 0.4) is 0 Å². The van der Waals surface area contributed by atoms with Crippen LogP contribution in [0.4, 0.5) is 4.39 Å². The lowest BCUT2D eigenvalue weighted by Crippen LogP contribution is -2.15. The van der Waals surface area contributed by atoms with Gasteiger partial charge in [0.15, 0.2) is 0 Å². The fraction of sp³-hybridized carbons (Fsp3) is 0.250. The first-order chi connectivity index (χ1) is 10.1. The molecule has 5 heteroatoms. The molecule has 0 spiro atoms. The molecule has 0 saturated heterocycles. The van der Waals surface area contributed by atoms with Crippen molar-refractivity contribution >= 4 is 23.2 Å². The summed E-state index contributed by atoms with van der Waals surface area (Å²) in [5.41, 5.74) is 0.967. The molecule has 0 radical (unpaired) electrons. The minimum Gasteiger partial charge on any atom is -0.455 e. The lowest BCUT2D eigenvalue weighted by Gasteiger charge is -2.13. The number of halogens is 3. The van der Waals surface area contributed by atoms with E-state index in [1.165, 1.54) is 31.0 Å². The second-order valence-electron chi connectivity index (χ2n) is 5.06. The molecule has 2 nitrogen and oxygen atoms in total. The third kappa shape index (κ3) is 3.67. The molecule has 1 saturated carbocycles. The van der Waals surface area contributed by atoms with Crippen molar-refractivity contribution in [3.63, 3.8) is 0 Å². The minimum absolute atomic E-state index is 0.0252. The Labute approximate surface area is 132 Å². The minimum atomic E-state index is -0.473. The molecule has 0 bridgehead atoms. The van der Waals surface area contributed by atoms with Crippen LogP contribution in [0.15, 0.2) is 36.4 Å². The van der Waals surface area contributed by atoms with Gasteiger partial charge < -0.3 is 10.1 Å². The molecule has 2 aromatic carbocycles. The van der Waals surface area contributed by atoms with Crippen LogP contribution in [0.5, 0.6) is 11.5 Å². The third-order valence-electron chi connectivity index (χ3n) is 3.32. The normalized spacial score (nSPS) is 14.2. The van der Waals surface area contributed by atoms with E-state index in [2.05, 4.69) is 5.32 Å². The number of hydrogen-bond donors (Lipinski definition) is 1. The molecule has 0 unspecified atom stereocenters. The summed E-state index contributed by atoms with van der Waals surface area (Å²) < 4.78 is 19.0. The van der Waals surface area contributed by atoms with Crippen LogP contribution in [0.1, 0.15) is 18.4 Å². The maximum atomic E-state index is 13.2. The first-order valence-electron chi connectivity index (χ1n) is 6.77. The quantitative estimate of drug-likeness (QED) is 0.818. The molecule has 0 aromatic heterocycles. The zero-order chi connectivity index (χ0) is 14.8. The van der Waals surface area contributed by atoms with Gasteiger partial charge in [-0.2, -0.15) is 0 Å². The third-order valence-corrected chi connectivity index (χ3v) is 3.91. The van der Waals surface area contributed by atoms with E-state index < -0.39 is 5.82 Å². The highest BCUT2D eigenvalue weighted by Gasteiger charge is 2.21. The molecule has 0 heterocycles. The summed E-state index contributed by atoms with van der Waals surface area (Å²) in [5, 5.41) is 3.97. The van der Waals surface area contributed by atoms with E-state index in [1.54, 1.807) is 6.07 Å². The number of hydrogen-bond acceptors (Lipinski definition) is 2. The van der Waals surface area contributed by atoms with E-state index in [1.807, 2.05) is 12.1 Å². The molecular weight excluding hydrogens is 312 g/mol. The van der Waals surface area contributed by atoms with Gasteiger partial charge in [-0.3, -0.25) is 0 Å². The van der Waals surface area contributed by atoms with Crippen molar-refractivity contribution in [2.45, 2.75) is 25.4 Å². The van der Waals surface area contributed by atoms with E-state index in [0.29, 0.717) is 29.1 Å². The molecule has 0 amide bonds. The first-order valence-corrected chi connectivity index (χ1v) is 7.53. The second-order valence-corrected chi connectivity index (χ2v) is 5.88. The van der Waals surface area contributed by atoms with Gasteiger partial charge in [0.05, 0.1) is 10.0 Å². The Balaban J connectivity index is 1.83. The summed E-state index contributed by atoms with van der Waals surface area (Å²) in [6.45, 7) is 0.690. The van der Waals surface area contributed by atoms with Gasteiger partial charge in [-0.25, -0.2) is 4.39 Å². The Morgan fingerprint density at radius 1 is 1.14 bits per heavy atom. The molecule has 1 fully saturated rings. The molecule has 1 N–H and O–H groups in total. The Bertz CT molecular complexity index is 659. The number of nitrogens with one attached hydrogen (secondary N) is 1. The van der Waals surface area contributed by atoms with Gasteiger partial charge in [0, 0.05) is 24.2 Å². The number of rotatable bonds is 5. The summed E-state index contributed by atoms with van der Waals surface area (Å²) >= 11 is 12.0. The summed E-state index contributed by atoms with van der Waals surface area (Å²) in [5.74, 6) is 0.566. The van der Waals surface area contributed by atoms with Crippen LogP contribution in [0.2, 0.25) is 10.0 Å². The fourth-order valence-corrected chi connectivity index (χ4v) is 2.41. The average molecular weight is 326 g/mol. The van der Waals surface area contributed by atoms with Crippen molar-refractivity contribution in [2.24, 2.45) is 0 Å². The Hall–Kier alpha value is -1.29.